The Morgan fingerprint density at radius 3 is 2.39 bits per heavy atom. The summed E-state index contributed by atoms with van der Waals surface area (Å²) in [6.45, 7) is 3.75. The average molecular weight is 387 g/mol. The highest BCUT2D eigenvalue weighted by atomic mass is 19.1. The SMILES string of the molecule is O=C([C@H]1CC=CCC1)N1CCC(N2CCC(Oc3ccccc3F)CC2)CC1. The largest absolute Gasteiger partial charge is 0.487 e. The van der Waals surface area contributed by atoms with Gasteiger partial charge in [-0.05, 0) is 57.1 Å². The fourth-order valence-corrected chi connectivity index (χ4v) is 4.81. The maximum Gasteiger partial charge on any atom is 0.226 e. The van der Waals surface area contributed by atoms with Crippen LogP contribution >= 0.6 is 0 Å². The Balaban J connectivity index is 1.21. The number of carbonyl (C=O) groups is 1. The van der Waals surface area contributed by atoms with Crippen molar-refractivity contribution in [2.45, 2.75) is 57.1 Å². The van der Waals surface area contributed by atoms with E-state index in [2.05, 4.69) is 22.0 Å². The fraction of sp³-hybridized carbons (Fsp3) is 0.609. The molecule has 0 spiro atoms. The summed E-state index contributed by atoms with van der Waals surface area (Å²) in [6.07, 6.45) is 11.4. The number of likely N-dealkylation sites (tertiary alicyclic amines) is 2. The maximum atomic E-state index is 13.8. The fourth-order valence-electron chi connectivity index (χ4n) is 4.81. The molecule has 0 unspecified atom stereocenters. The monoisotopic (exact) mass is 386 g/mol. The van der Waals surface area contributed by atoms with E-state index in [0.29, 0.717) is 17.7 Å². The molecule has 2 saturated heterocycles. The predicted molar refractivity (Wildman–Crippen MR) is 108 cm³/mol. The highest BCUT2D eigenvalue weighted by Crippen LogP contribution is 2.27. The summed E-state index contributed by atoms with van der Waals surface area (Å²) in [5.74, 6) is 0.647. The highest BCUT2D eigenvalue weighted by Gasteiger charge is 2.32. The van der Waals surface area contributed by atoms with E-state index >= 15 is 0 Å². The minimum atomic E-state index is -0.282. The molecule has 0 aromatic heterocycles. The molecule has 2 aliphatic heterocycles. The van der Waals surface area contributed by atoms with Crippen LogP contribution in [0.25, 0.3) is 0 Å². The van der Waals surface area contributed by atoms with E-state index in [1.807, 2.05) is 6.07 Å². The van der Waals surface area contributed by atoms with E-state index in [-0.39, 0.29) is 17.8 Å². The van der Waals surface area contributed by atoms with Crippen molar-refractivity contribution in [2.24, 2.45) is 5.92 Å². The molecule has 4 rings (SSSR count). The Hall–Kier alpha value is -1.88. The number of benzene rings is 1. The molecule has 0 radical (unpaired) electrons. The molecule has 1 amide bonds. The smallest absolute Gasteiger partial charge is 0.226 e. The molecule has 2 fully saturated rings. The number of hydrogen-bond donors (Lipinski definition) is 0. The zero-order valence-electron chi connectivity index (χ0n) is 16.6. The van der Waals surface area contributed by atoms with Crippen molar-refractivity contribution in [2.75, 3.05) is 26.2 Å². The third-order valence-corrected chi connectivity index (χ3v) is 6.52. The first kappa shape index (κ1) is 19.4. The van der Waals surface area contributed by atoms with E-state index in [9.17, 15) is 9.18 Å². The highest BCUT2D eigenvalue weighted by molar-refractivity contribution is 5.79. The summed E-state index contributed by atoms with van der Waals surface area (Å²) in [7, 11) is 0. The van der Waals surface area contributed by atoms with Gasteiger partial charge in [0.25, 0.3) is 0 Å². The Morgan fingerprint density at radius 1 is 0.964 bits per heavy atom. The van der Waals surface area contributed by atoms with Crippen LogP contribution in [0.4, 0.5) is 4.39 Å². The molecule has 4 nitrogen and oxygen atoms in total. The van der Waals surface area contributed by atoms with Crippen molar-refractivity contribution >= 4 is 5.91 Å². The van der Waals surface area contributed by atoms with Crippen LogP contribution in [0.1, 0.15) is 44.9 Å². The van der Waals surface area contributed by atoms with Gasteiger partial charge in [-0.25, -0.2) is 4.39 Å². The van der Waals surface area contributed by atoms with Crippen LogP contribution in [0.5, 0.6) is 5.75 Å². The van der Waals surface area contributed by atoms with Crippen LogP contribution in [-0.2, 0) is 4.79 Å². The van der Waals surface area contributed by atoms with Gasteiger partial charge in [0.05, 0.1) is 0 Å². The molecular weight excluding hydrogens is 355 g/mol. The lowest BCUT2D eigenvalue weighted by Gasteiger charge is -2.42. The van der Waals surface area contributed by atoms with Crippen LogP contribution in [-0.4, -0.2) is 54.0 Å². The lowest BCUT2D eigenvalue weighted by atomic mass is 9.91. The summed E-state index contributed by atoms with van der Waals surface area (Å²) < 4.78 is 19.7. The molecule has 0 saturated carbocycles. The number of piperidine rings is 2. The van der Waals surface area contributed by atoms with Crippen LogP contribution in [0, 0.1) is 11.7 Å². The van der Waals surface area contributed by atoms with Gasteiger partial charge in [0.15, 0.2) is 11.6 Å². The number of para-hydroxylation sites is 1. The molecule has 1 aromatic carbocycles. The first-order valence-corrected chi connectivity index (χ1v) is 10.8. The topological polar surface area (TPSA) is 32.8 Å². The standard InChI is InChI=1S/C23H31FN2O2/c24-21-8-4-5-9-22(21)28-20-12-16-25(17-13-20)19-10-14-26(15-11-19)23(27)18-6-2-1-3-7-18/h1-2,4-5,8-9,18-20H,3,6-7,10-17H2/t18-/m0/s1. The van der Waals surface area contributed by atoms with Crippen molar-refractivity contribution in [1.29, 1.82) is 0 Å². The maximum absolute atomic E-state index is 13.8. The molecule has 1 aliphatic carbocycles. The van der Waals surface area contributed by atoms with E-state index in [0.717, 1.165) is 71.1 Å². The first-order chi connectivity index (χ1) is 13.7. The van der Waals surface area contributed by atoms with Crippen LogP contribution in [0.15, 0.2) is 36.4 Å². The Kier molecular flexibility index (Phi) is 6.30. The van der Waals surface area contributed by atoms with Crippen molar-refractivity contribution in [3.05, 3.63) is 42.2 Å². The molecule has 0 bridgehead atoms. The minimum absolute atomic E-state index is 0.0918. The van der Waals surface area contributed by atoms with Crippen LogP contribution in [0.2, 0.25) is 0 Å². The van der Waals surface area contributed by atoms with Gasteiger partial charge in [0, 0.05) is 38.1 Å². The Labute approximate surface area is 167 Å². The van der Waals surface area contributed by atoms with E-state index < -0.39 is 0 Å². The number of allylic oxidation sites excluding steroid dienone is 2. The van der Waals surface area contributed by atoms with Gasteiger partial charge in [-0.2, -0.15) is 0 Å². The molecular formula is C23H31FN2O2. The first-order valence-electron chi connectivity index (χ1n) is 10.8. The number of halogens is 1. The number of ether oxygens (including phenoxy) is 1. The molecule has 3 aliphatic rings. The van der Waals surface area contributed by atoms with E-state index in [1.54, 1.807) is 12.1 Å². The van der Waals surface area contributed by atoms with Crippen molar-refractivity contribution in [1.82, 2.24) is 9.80 Å². The summed E-state index contributed by atoms with van der Waals surface area (Å²) in [6, 6.07) is 7.21. The summed E-state index contributed by atoms with van der Waals surface area (Å²) in [5.41, 5.74) is 0. The lowest BCUT2D eigenvalue weighted by Crippen LogP contribution is -2.51. The molecule has 28 heavy (non-hydrogen) atoms. The van der Waals surface area contributed by atoms with Crippen LogP contribution in [0.3, 0.4) is 0 Å². The zero-order valence-corrected chi connectivity index (χ0v) is 16.6. The van der Waals surface area contributed by atoms with Crippen molar-refractivity contribution < 1.29 is 13.9 Å². The summed E-state index contributed by atoms with van der Waals surface area (Å²) in [4.78, 5) is 17.4. The van der Waals surface area contributed by atoms with Gasteiger partial charge in [-0.1, -0.05) is 24.3 Å². The van der Waals surface area contributed by atoms with Gasteiger partial charge < -0.3 is 9.64 Å². The van der Waals surface area contributed by atoms with E-state index in [1.165, 1.54) is 6.07 Å². The number of amides is 1. The van der Waals surface area contributed by atoms with Gasteiger partial charge in [-0.15, -0.1) is 0 Å². The zero-order chi connectivity index (χ0) is 19.3. The van der Waals surface area contributed by atoms with Gasteiger partial charge in [0.2, 0.25) is 5.91 Å². The number of hydrogen-bond acceptors (Lipinski definition) is 3. The second-order valence-electron chi connectivity index (χ2n) is 8.32. The normalized spacial score (nSPS) is 25.0. The second-order valence-corrected chi connectivity index (χ2v) is 8.32. The Bertz CT molecular complexity index is 692. The van der Waals surface area contributed by atoms with Crippen LogP contribution < -0.4 is 4.74 Å². The van der Waals surface area contributed by atoms with Gasteiger partial charge in [-0.3, -0.25) is 9.69 Å². The molecule has 5 heteroatoms. The third kappa shape index (κ3) is 4.57. The van der Waals surface area contributed by atoms with Crippen molar-refractivity contribution in [3.8, 4) is 5.75 Å². The third-order valence-electron chi connectivity index (χ3n) is 6.52. The van der Waals surface area contributed by atoms with Gasteiger partial charge >= 0.3 is 0 Å². The molecule has 2 heterocycles. The molecule has 152 valence electrons. The average Bonchev–Trinajstić information content (AvgIpc) is 2.76. The Morgan fingerprint density at radius 2 is 1.71 bits per heavy atom. The number of carbonyl (C=O) groups excluding carboxylic acids is 1. The van der Waals surface area contributed by atoms with Gasteiger partial charge in [0.1, 0.15) is 6.10 Å². The molecule has 0 N–H and O–H groups in total. The van der Waals surface area contributed by atoms with Crippen molar-refractivity contribution in [3.63, 3.8) is 0 Å². The minimum Gasteiger partial charge on any atom is -0.487 e. The molecule has 1 atom stereocenters. The second kappa shape index (κ2) is 9.08. The summed E-state index contributed by atoms with van der Waals surface area (Å²) in [5, 5.41) is 0. The number of rotatable bonds is 4. The summed E-state index contributed by atoms with van der Waals surface area (Å²) >= 11 is 0. The number of nitrogens with zero attached hydrogens (tertiary/aromatic N) is 2. The lowest BCUT2D eigenvalue weighted by molar-refractivity contribution is -0.137. The van der Waals surface area contributed by atoms with E-state index in [4.69, 9.17) is 4.74 Å². The quantitative estimate of drug-likeness (QED) is 0.733. The predicted octanol–water partition coefficient (Wildman–Crippen LogP) is 4.02. The molecule has 1 aromatic rings.